The molecule has 1 aliphatic rings. The third-order valence-electron chi connectivity index (χ3n) is 3.54. The monoisotopic (exact) mass is 255 g/mol. The van der Waals surface area contributed by atoms with Crippen molar-refractivity contribution in [3.8, 4) is 11.1 Å². The first-order valence-electron chi connectivity index (χ1n) is 6.35. The van der Waals surface area contributed by atoms with E-state index in [1.54, 1.807) is 12.1 Å². The summed E-state index contributed by atoms with van der Waals surface area (Å²) in [5.74, 6) is 0.165. The lowest BCUT2D eigenvalue weighted by Gasteiger charge is -2.09. The Morgan fingerprint density at radius 3 is 2.05 bits per heavy atom. The molecule has 2 aromatic carbocycles. The van der Waals surface area contributed by atoms with Crippen LogP contribution in [0, 0.1) is 5.82 Å². The zero-order valence-corrected chi connectivity index (χ0v) is 10.4. The summed E-state index contributed by atoms with van der Waals surface area (Å²) in [4.78, 5) is 11.2. The topological polar surface area (TPSA) is 29.1 Å². The largest absolute Gasteiger partial charge is 0.355 e. The highest BCUT2D eigenvalue weighted by Crippen LogP contribution is 2.26. The van der Waals surface area contributed by atoms with Gasteiger partial charge in [0.25, 0.3) is 0 Å². The van der Waals surface area contributed by atoms with Gasteiger partial charge in [-0.2, -0.15) is 0 Å². The van der Waals surface area contributed by atoms with Crippen molar-refractivity contribution in [3.05, 3.63) is 59.9 Å². The number of halogens is 1. The summed E-state index contributed by atoms with van der Waals surface area (Å²) in [5, 5.41) is 2.84. The molecular formula is C16H14FNO. The summed E-state index contributed by atoms with van der Waals surface area (Å²) in [5.41, 5.74) is 3.22. The highest BCUT2D eigenvalue weighted by atomic mass is 19.1. The lowest BCUT2D eigenvalue weighted by molar-refractivity contribution is -0.119. The number of amides is 1. The summed E-state index contributed by atoms with van der Waals surface area (Å²) < 4.78 is 12.9. The normalized spacial score (nSPS) is 18.4. The van der Waals surface area contributed by atoms with Gasteiger partial charge < -0.3 is 5.32 Å². The van der Waals surface area contributed by atoms with Gasteiger partial charge in [-0.05, 0) is 28.8 Å². The molecule has 0 aromatic heterocycles. The molecule has 0 radical (unpaired) electrons. The summed E-state index contributed by atoms with van der Waals surface area (Å²) in [6.07, 6.45) is 0.565. The Kier molecular flexibility index (Phi) is 3.03. The number of benzene rings is 2. The van der Waals surface area contributed by atoms with E-state index in [1.807, 2.05) is 24.3 Å². The van der Waals surface area contributed by atoms with E-state index in [1.165, 1.54) is 17.7 Å². The fourth-order valence-electron chi connectivity index (χ4n) is 2.43. The summed E-state index contributed by atoms with van der Waals surface area (Å²) in [6.45, 7) is 0.717. The molecule has 1 fully saturated rings. The van der Waals surface area contributed by atoms with E-state index < -0.39 is 0 Å². The summed E-state index contributed by atoms with van der Waals surface area (Å²) in [7, 11) is 0. The maximum absolute atomic E-state index is 12.9. The molecule has 1 N–H and O–H groups in total. The smallest absolute Gasteiger partial charge is 0.220 e. The van der Waals surface area contributed by atoms with Crippen LogP contribution in [0.2, 0.25) is 0 Å². The van der Waals surface area contributed by atoms with Gasteiger partial charge in [-0.15, -0.1) is 0 Å². The average Bonchev–Trinajstić information content (AvgIpc) is 2.87. The third kappa shape index (κ3) is 2.50. The van der Waals surface area contributed by atoms with Gasteiger partial charge in [-0.1, -0.05) is 36.4 Å². The van der Waals surface area contributed by atoms with Crippen LogP contribution in [0.3, 0.4) is 0 Å². The Labute approximate surface area is 111 Å². The fraction of sp³-hybridized carbons (Fsp3) is 0.188. The van der Waals surface area contributed by atoms with Crippen LogP contribution < -0.4 is 5.32 Å². The predicted molar refractivity (Wildman–Crippen MR) is 72.2 cm³/mol. The number of hydrogen-bond acceptors (Lipinski definition) is 1. The Morgan fingerprint density at radius 2 is 1.53 bits per heavy atom. The molecule has 1 aliphatic heterocycles. The number of carbonyl (C=O) groups excluding carboxylic acids is 1. The molecule has 3 heteroatoms. The van der Waals surface area contributed by atoms with Crippen LogP contribution in [0.15, 0.2) is 48.5 Å². The lowest BCUT2D eigenvalue weighted by Crippen LogP contribution is -2.13. The van der Waals surface area contributed by atoms with E-state index in [0.717, 1.165) is 11.1 Å². The molecule has 1 saturated heterocycles. The van der Waals surface area contributed by atoms with Gasteiger partial charge in [0, 0.05) is 18.9 Å². The van der Waals surface area contributed by atoms with Crippen LogP contribution in [0.4, 0.5) is 4.39 Å². The van der Waals surface area contributed by atoms with E-state index in [-0.39, 0.29) is 17.6 Å². The Morgan fingerprint density at radius 1 is 0.947 bits per heavy atom. The molecule has 2 aromatic rings. The van der Waals surface area contributed by atoms with Crippen LogP contribution in [0.1, 0.15) is 17.9 Å². The van der Waals surface area contributed by atoms with E-state index in [9.17, 15) is 9.18 Å². The zero-order valence-electron chi connectivity index (χ0n) is 10.4. The molecule has 1 amide bonds. The second-order valence-corrected chi connectivity index (χ2v) is 4.83. The highest BCUT2D eigenvalue weighted by Gasteiger charge is 2.22. The minimum Gasteiger partial charge on any atom is -0.355 e. The molecule has 0 aliphatic carbocycles. The van der Waals surface area contributed by atoms with Crippen molar-refractivity contribution in [2.75, 3.05) is 6.54 Å². The molecule has 0 spiro atoms. The molecule has 1 heterocycles. The van der Waals surface area contributed by atoms with Crippen LogP contribution in [0.25, 0.3) is 11.1 Å². The van der Waals surface area contributed by atoms with E-state index in [0.29, 0.717) is 13.0 Å². The van der Waals surface area contributed by atoms with Gasteiger partial charge in [0.15, 0.2) is 0 Å². The van der Waals surface area contributed by atoms with Crippen molar-refractivity contribution in [2.24, 2.45) is 0 Å². The minimum absolute atomic E-state index is 0.118. The predicted octanol–water partition coefficient (Wildman–Crippen LogP) is 3.10. The summed E-state index contributed by atoms with van der Waals surface area (Å²) >= 11 is 0. The van der Waals surface area contributed by atoms with Gasteiger partial charge in [0.1, 0.15) is 5.82 Å². The molecule has 96 valence electrons. The molecular weight excluding hydrogens is 241 g/mol. The fourth-order valence-corrected chi connectivity index (χ4v) is 2.43. The first-order chi connectivity index (χ1) is 9.22. The van der Waals surface area contributed by atoms with Gasteiger partial charge in [0.2, 0.25) is 5.91 Å². The van der Waals surface area contributed by atoms with Gasteiger partial charge in [-0.25, -0.2) is 4.39 Å². The number of hydrogen-bond donors (Lipinski definition) is 1. The second kappa shape index (κ2) is 4.84. The number of rotatable bonds is 2. The molecule has 19 heavy (non-hydrogen) atoms. The van der Waals surface area contributed by atoms with Gasteiger partial charge >= 0.3 is 0 Å². The molecule has 3 rings (SSSR count). The molecule has 1 unspecified atom stereocenters. The third-order valence-corrected chi connectivity index (χ3v) is 3.54. The van der Waals surface area contributed by atoms with Crippen LogP contribution >= 0.6 is 0 Å². The van der Waals surface area contributed by atoms with Crippen LogP contribution in [0.5, 0.6) is 0 Å². The lowest BCUT2D eigenvalue weighted by atomic mass is 9.95. The Bertz CT molecular complexity index is 589. The van der Waals surface area contributed by atoms with Crippen molar-refractivity contribution in [1.82, 2.24) is 5.32 Å². The van der Waals surface area contributed by atoms with E-state index in [4.69, 9.17) is 0 Å². The van der Waals surface area contributed by atoms with Crippen molar-refractivity contribution < 1.29 is 9.18 Å². The summed E-state index contributed by atoms with van der Waals surface area (Å²) in [6, 6.07) is 14.6. The quantitative estimate of drug-likeness (QED) is 0.877. The maximum Gasteiger partial charge on any atom is 0.220 e. The highest BCUT2D eigenvalue weighted by molar-refractivity contribution is 5.79. The van der Waals surface area contributed by atoms with Crippen molar-refractivity contribution in [1.29, 1.82) is 0 Å². The van der Waals surface area contributed by atoms with Crippen LogP contribution in [-0.2, 0) is 4.79 Å². The SMILES string of the molecule is O=C1CC(c2ccc(-c3ccc(F)cc3)cc2)CN1. The molecule has 0 bridgehead atoms. The molecule has 0 saturated carbocycles. The van der Waals surface area contributed by atoms with Crippen molar-refractivity contribution in [2.45, 2.75) is 12.3 Å². The van der Waals surface area contributed by atoms with Gasteiger partial charge in [-0.3, -0.25) is 4.79 Å². The number of nitrogens with one attached hydrogen (secondary N) is 1. The standard InChI is InChI=1S/C16H14FNO/c17-15-7-5-12(6-8-15)11-1-3-13(4-2-11)14-9-16(19)18-10-14/h1-8,14H,9-10H2,(H,18,19). The van der Waals surface area contributed by atoms with E-state index >= 15 is 0 Å². The average molecular weight is 255 g/mol. The first kappa shape index (κ1) is 11.9. The van der Waals surface area contributed by atoms with Crippen molar-refractivity contribution >= 4 is 5.91 Å². The Balaban J connectivity index is 1.82. The van der Waals surface area contributed by atoms with Gasteiger partial charge in [0.05, 0.1) is 0 Å². The zero-order chi connectivity index (χ0) is 13.2. The molecule has 1 atom stereocenters. The van der Waals surface area contributed by atoms with Crippen LogP contribution in [-0.4, -0.2) is 12.5 Å². The van der Waals surface area contributed by atoms with E-state index in [2.05, 4.69) is 5.32 Å². The maximum atomic E-state index is 12.9. The van der Waals surface area contributed by atoms with Crippen molar-refractivity contribution in [3.63, 3.8) is 0 Å². The Hall–Kier alpha value is -2.16. The molecule has 2 nitrogen and oxygen atoms in total. The first-order valence-corrected chi connectivity index (χ1v) is 6.35. The minimum atomic E-state index is -0.226. The number of carbonyl (C=O) groups is 1. The second-order valence-electron chi connectivity index (χ2n) is 4.83.